The Morgan fingerprint density at radius 1 is 1.35 bits per heavy atom. The summed E-state index contributed by atoms with van der Waals surface area (Å²) in [6.45, 7) is -0.223. The monoisotopic (exact) mass is 306 g/mol. The first kappa shape index (κ1) is 14.9. The highest BCUT2D eigenvalue weighted by Gasteiger charge is 2.31. The molecule has 0 saturated carbocycles. The normalized spacial score (nSPS) is 11.9. The van der Waals surface area contributed by atoms with Gasteiger partial charge in [-0.1, -0.05) is 0 Å². The van der Waals surface area contributed by atoms with Gasteiger partial charge in [-0.15, -0.1) is 0 Å². The van der Waals surface area contributed by atoms with E-state index in [2.05, 4.69) is 4.98 Å². The SMILES string of the molecule is Cn1c(CO)cnc1Sc1ccc(C(F)(F)F)cc1F. The molecular formula is C12H10F4N2OS. The van der Waals surface area contributed by atoms with E-state index in [0.717, 1.165) is 23.9 Å². The van der Waals surface area contributed by atoms with E-state index in [0.29, 0.717) is 16.9 Å². The zero-order valence-corrected chi connectivity index (χ0v) is 11.1. The fourth-order valence-corrected chi connectivity index (χ4v) is 2.37. The van der Waals surface area contributed by atoms with Crippen LogP contribution in [0.1, 0.15) is 11.3 Å². The first-order valence-corrected chi connectivity index (χ1v) is 6.30. The third kappa shape index (κ3) is 2.96. The minimum absolute atomic E-state index is 0.0381. The highest BCUT2D eigenvalue weighted by molar-refractivity contribution is 7.99. The van der Waals surface area contributed by atoms with E-state index < -0.39 is 17.6 Å². The van der Waals surface area contributed by atoms with Crippen molar-refractivity contribution in [2.75, 3.05) is 0 Å². The van der Waals surface area contributed by atoms with Crippen molar-refractivity contribution in [3.63, 3.8) is 0 Å². The minimum atomic E-state index is -4.57. The first-order chi connectivity index (χ1) is 9.32. The lowest BCUT2D eigenvalue weighted by Gasteiger charge is -2.09. The molecule has 108 valence electrons. The van der Waals surface area contributed by atoms with Crippen LogP contribution in [-0.4, -0.2) is 14.7 Å². The van der Waals surface area contributed by atoms with Crippen molar-refractivity contribution < 1.29 is 22.7 Å². The molecule has 1 heterocycles. The molecule has 3 nitrogen and oxygen atoms in total. The number of hydrogen-bond acceptors (Lipinski definition) is 3. The molecule has 1 aromatic heterocycles. The van der Waals surface area contributed by atoms with E-state index in [1.54, 1.807) is 11.6 Å². The van der Waals surface area contributed by atoms with Gasteiger partial charge in [0, 0.05) is 7.05 Å². The van der Waals surface area contributed by atoms with Crippen molar-refractivity contribution in [3.8, 4) is 0 Å². The zero-order chi connectivity index (χ0) is 14.9. The Balaban J connectivity index is 2.28. The Bertz CT molecular complexity index is 624. The second kappa shape index (κ2) is 5.45. The molecule has 0 aliphatic heterocycles. The van der Waals surface area contributed by atoms with Crippen molar-refractivity contribution >= 4 is 11.8 Å². The second-order valence-electron chi connectivity index (χ2n) is 3.99. The van der Waals surface area contributed by atoms with Gasteiger partial charge in [-0.2, -0.15) is 13.2 Å². The Morgan fingerprint density at radius 3 is 2.55 bits per heavy atom. The molecule has 1 aromatic carbocycles. The maximum atomic E-state index is 13.7. The molecule has 0 fully saturated rings. The van der Waals surface area contributed by atoms with Crippen LogP contribution in [0.15, 0.2) is 34.4 Å². The van der Waals surface area contributed by atoms with Crippen LogP contribution < -0.4 is 0 Å². The number of alkyl halides is 3. The van der Waals surface area contributed by atoms with Gasteiger partial charge in [-0.25, -0.2) is 9.37 Å². The Labute approximate surface area is 116 Å². The minimum Gasteiger partial charge on any atom is -0.390 e. The van der Waals surface area contributed by atoms with Crippen LogP contribution in [0.5, 0.6) is 0 Å². The van der Waals surface area contributed by atoms with Crippen LogP contribution in [0.25, 0.3) is 0 Å². The van der Waals surface area contributed by atoms with Crippen molar-refractivity contribution in [2.24, 2.45) is 7.05 Å². The van der Waals surface area contributed by atoms with E-state index in [4.69, 9.17) is 5.11 Å². The van der Waals surface area contributed by atoms with Crippen LogP contribution in [-0.2, 0) is 19.8 Å². The number of halogens is 4. The van der Waals surface area contributed by atoms with Gasteiger partial charge in [0.25, 0.3) is 0 Å². The zero-order valence-electron chi connectivity index (χ0n) is 10.3. The highest BCUT2D eigenvalue weighted by atomic mass is 32.2. The van der Waals surface area contributed by atoms with Crippen LogP contribution in [0.4, 0.5) is 17.6 Å². The van der Waals surface area contributed by atoms with Crippen LogP contribution >= 0.6 is 11.8 Å². The van der Waals surface area contributed by atoms with Gasteiger partial charge in [0.15, 0.2) is 5.16 Å². The van der Waals surface area contributed by atoms with Crippen molar-refractivity contribution in [1.29, 1.82) is 0 Å². The largest absolute Gasteiger partial charge is 0.416 e. The maximum Gasteiger partial charge on any atom is 0.416 e. The van der Waals surface area contributed by atoms with E-state index in [9.17, 15) is 17.6 Å². The first-order valence-electron chi connectivity index (χ1n) is 5.49. The van der Waals surface area contributed by atoms with Crippen LogP contribution in [0, 0.1) is 5.82 Å². The summed E-state index contributed by atoms with van der Waals surface area (Å²) in [6, 6.07) is 2.34. The summed E-state index contributed by atoms with van der Waals surface area (Å²) in [5.41, 5.74) is -0.505. The molecule has 8 heteroatoms. The predicted octanol–water partition coefficient (Wildman–Crippen LogP) is 3.22. The lowest BCUT2D eigenvalue weighted by molar-refractivity contribution is -0.137. The molecule has 2 aromatic rings. The lowest BCUT2D eigenvalue weighted by atomic mass is 10.2. The molecule has 2 rings (SSSR count). The molecule has 0 radical (unpaired) electrons. The van der Waals surface area contributed by atoms with E-state index in [1.165, 1.54) is 6.20 Å². The Kier molecular flexibility index (Phi) is 4.05. The fourth-order valence-electron chi connectivity index (χ4n) is 1.53. The summed E-state index contributed by atoms with van der Waals surface area (Å²) in [6.07, 6.45) is -3.15. The van der Waals surface area contributed by atoms with Gasteiger partial charge in [-0.3, -0.25) is 0 Å². The maximum absolute atomic E-state index is 13.7. The number of aliphatic hydroxyl groups excluding tert-OH is 1. The summed E-state index contributed by atoms with van der Waals surface area (Å²) in [7, 11) is 1.63. The molecular weight excluding hydrogens is 296 g/mol. The standard InChI is InChI=1S/C12H10F4N2OS/c1-18-8(6-19)5-17-11(18)20-10-3-2-7(4-9(10)13)12(14,15)16/h2-5,19H,6H2,1H3. The summed E-state index contributed by atoms with van der Waals surface area (Å²) >= 11 is 0.895. The summed E-state index contributed by atoms with van der Waals surface area (Å²) in [5, 5.41) is 9.39. The van der Waals surface area contributed by atoms with E-state index in [1.807, 2.05) is 0 Å². The van der Waals surface area contributed by atoms with Crippen molar-refractivity contribution in [1.82, 2.24) is 9.55 Å². The van der Waals surface area contributed by atoms with E-state index >= 15 is 0 Å². The number of benzene rings is 1. The average Bonchev–Trinajstić information content (AvgIpc) is 2.71. The van der Waals surface area contributed by atoms with Gasteiger partial charge in [-0.05, 0) is 30.0 Å². The van der Waals surface area contributed by atoms with Gasteiger partial charge >= 0.3 is 6.18 Å². The molecule has 0 unspecified atom stereocenters. The van der Waals surface area contributed by atoms with E-state index in [-0.39, 0.29) is 11.5 Å². The molecule has 0 saturated heterocycles. The number of rotatable bonds is 3. The van der Waals surface area contributed by atoms with Crippen LogP contribution in [0.2, 0.25) is 0 Å². The number of nitrogens with zero attached hydrogens (tertiary/aromatic N) is 2. The molecule has 20 heavy (non-hydrogen) atoms. The molecule has 0 bridgehead atoms. The van der Waals surface area contributed by atoms with Gasteiger partial charge < -0.3 is 9.67 Å². The second-order valence-corrected chi connectivity index (χ2v) is 5.00. The molecule has 0 atom stereocenters. The lowest BCUT2D eigenvalue weighted by Crippen LogP contribution is -2.05. The number of aliphatic hydroxyl groups is 1. The molecule has 0 aliphatic rings. The topological polar surface area (TPSA) is 38.0 Å². The smallest absolute Gasteiger partial charge is 0.390 e. The Hall–Kier alpha value is -1.54. The number of hydrogen-bond donors (Lipinski definition) is 1. The predicted molar refractivity (Wildman–Crippen MR) is 64.7 cm³/mol. The third-order valence-corrected chi connectivity index (χ3v) is 3.78. The van der Waals surface area contributed by atoms with Gasteiger partial charge in [0.2, 0.25) is 0 Å². The van der Waals surface area contributed by atoms with Gasteiger partial charge in [0.1, 0.15) is 5.82 Å². The average molecular weight is 306 g/mol. The molecule has 0 amide bonds. The highest BCUT2D eigenvalue weighted by Crippen LogP contribution is 2.34. The summed E-state index contributed by atoms with van der Waals surface area (Å²) < 4.78 is 52.5. The summed E-state index contributed by atoms with van der Waals surface area (Å²) in [5.74, 6) is -0.960. The quantitative estimate of drug-likeness (QED) is 0.885. The van der Waals surface area contributed by atoms with Gasteiger partial charge in [0.05, 0.1) is 29.0 Å². The Morgan fingerprint density at radius 2 is 2.05 bits per heavy atom. The molecule has 0 spiro atoms. The molecule has 1 N–H and O–H groups in total. The van der Waals surface area contributed by atoms with Crippen LogP contribution in [0.3, 0.4) is 0 Å². The third-order valence-electron chi connectivity index (χ3n) is 2.66. The summed E-state index contributed by atoms with van der Waals surface area (Å²) in [4.78, 5) is 4.01. The van der Waals surface area contributed by atoms with Crippen molar-refractivity contribution in [2.45, 2.75) is 22.8 Å². The molecule has 0 aliphatic carbocycles. The number of aromatic nitrogens is 2. The number of imidazole rings is 1. The fraction of sp³-hybridized carbons (Fsp3) is 0.250. The van der Waals surface area contributed by atoms with Crippen molar-refractivity contribution in [3.05, 3.63) is 41.5 Å².